The maximum atomic E-state index is 12.4. The minimum Gasteiger partial charge on any atom is -0.466 e. The number of hydrogen-bond donors (Lipinski definition) is 1. The number of nitrogens with one attached hydrogen (secondary N) is 1. The first-order chi connectivity index (χ1) is 14.7. The van der Waals surface area contributed by atoms with Crippen LogP contribution in [0, 0.1) is 0 Å². The molecule has 1 aromatic carbocycles. The van der Waals surface area contributed by atoms with E-state index in [-0.39, 0.29) is 24.5 Å². The van der Waals surface area contributed by atoms with Gasteiger partial charge in [0.25, 0.3) is 0 Å². The highest BCUT2D eigenvalue weighted by molar-refractivity contribution is 5.70. The second-order valence-electron chi connectivity index (χ2n) is 9.12. The van der Waals surface area contributed by atoms with Crippen LogP contribution in [0.4, 0.5) is 0 Å². The molecule has 0 spiro atoms. The Bertz CT molecular complexity index is 768. The van der Waals surface area contributed by atoms with Crippen LogP contribution in [0.1, 0.15) is 46.6 Å². The third-order valence-corrected chi connectivity index (χ3v) is 5.69. The van der Waals surface area contributed by atoms with E-state index in [4.69, 9.17) is 28.4 Å². The second kappa shape index (κ2) is 8.77. The Balaban J connectivity index is 1.58. The van der Waals surface area contributed by atoms with Gasteiger partial charge in [0, 0.05) is 12.6 Å². The molecule has 3 heterocycles. The van der Waals surface area contributed by atoms with Gasteiger partial charge in [-0.05, 0) is 40.2 Å². The third-order valence-electron chi connectivity index (χ3n) is 5.69. The number of fused-ring (bicyclic) bond motifs is 3. The first-order valence-electron chi connectivity index (χ1n) is 11.0. The van der Waals surface area contributed by atoms with Crippen molar-refractivity contribution in [2.45, 2.75) is 95.9 Å². The minimum absolute atomic E-state index is 0.139. The van der Waals surface area contributed by atoms with Crippen LogP contribution in [0.25, 0.3) is 0 Å². The monoisotopic (exact) mass is 435 g/mol. The average Bonchev–Trinajstić information content (AvgIpc) is 3.19. The fourth-order valence-corrected chi connectivity index (χ4v) is 4.52. The summed E-state index contributed by atoms with van der Waals surface area (Å²) in [5.74, 6) is -1.88. The van der Waals surface area contributed by atoms with Crippen LogP contribution >= 0.6 is 0 Å². The summed E-state index contributed by atoms with van der Waals surface area (Å²) >= 11 is 0. The Morgan fingerprint density at radius 3 is 2.35 bits per heavy atom. The summed E-state index contributed by atoms with van der Waals surface area (Å²) in [5, 5.41) is 3.48. The van der Waals surface area contributed by atoms with Gasteiger partial charge in [-0.1, -0.05) is 30.3 Å². The lowest BCUT2D eigenvalue weighted by atomic mass is 9.92. The van der Waals surface area contributed by atoms with Crippen LogP contribution in [0.15, 0.2) is 30.3 Å². The highest BCUT2D eigenvalue weighted by Crippen LogP contribution is 2.45. The lowest BCUT2D eigenvalue weighted by Gasteiger charge is -2.41. The fourth-order valence-electron chi connectivity index (χ4n) is 4.52. The van der Waals surface area contributed by atoms with Crippen molar-refractivity contribution >= 4 is 5.97 Å². The molecule has 3 aliphatic heterocycles. The fraction of sp³-hybridized carbons (Fsp3) is 0.696. The summed E-state index contributed by atoms with van der Waals surface area (Å²) < 4.78 is 36.1. The van der Waals surface area contributed by atoms with E-state index in [1.54, 1.807) is 6.92 Å². The van der Waals surface area contributed by atoms with Crippen LogP contribution in [-0.4, -0.2) is 60.9 Å². The van der Waals surface area contributed by atoms with E-state index in [9.17, 15) is 4.79 Å². The first-order valence-corrected chi connectivity index (χ1v) is 11.0. The molecule has 0 bridgehead atoms. The van der Waals surface area contributed by atoms with Gasteiger partial charge in [-0.2, -0.15) is 0 Å². The SMILES string of the molecule is CCOC(=O)C[C@@H](NCc1ccccc1)[C@H]1O[C@@H]2OC(C)(C)O[C@@H]2[C@H]2OC(C)(C)O[C@H]21. The number of hydrogen-bond acceptors (Lipinski definition) is 8. The van der Waals surface area contributed by atoms with Crippen LogP contribution in [0.5, 0.6) is 0 Å². The molecule has 1 N–H and O–H groups in total. The Kier molecular flexibility index (Phi) is 6.40. The predicted molar refractivity (Wildman–Crippen MR) is 111 cm³/mol. The van der Waals surface area contributed by atoms with Crippen molar-refractivity contribution in [2.24, 2.45) is 0 Å². The number of ether oxygens (including phenoxy) is 6. The number of rotatable bonds is 7. The maximum Gasteiger partial charge on any atom is 0.307 e. The minimum atomic E-state index is -0.796. The molecule has 31 heavy (non-hydrogen) atoms. The van der Waals surface area contributed by atoms with E-state index in [1.165, 1.54) is 0 Å². The van der Waals surface area contributed by atoms with Crippen LogP contribution in [-0.2, 0) is 39.8 Å². The molecule has 0 aromatic heterocycles. The van der Waals surface area contributed by atoms with Gasteiger partial charge in [-0.3, -0.25) is 4.79 Å². The van der Waals surface area contributed by atoms with Gasteiger partial charge in [0.2, 0.25) is 0 Å². The quantitative estimate of drug-likeness (QED) is 0.654. The summed E-state index contributed by atoms with van der Waals surface area (Å²) in [5.41, 5.74) is 1.10. The van der Waals surface area contributed by atoms with Gasteiger partial charge in [0.15, 0.2) is 17.9 Å². The molecule has 3 aliphatic rings. The topological polar surface area (TPSA) is 84.5 Å². The molecule has 3 saturated heterocycles. The van der Waals surface area contributed by atoms with Gasteiger partial charge in [-0.15, -0.1) is 0 Å². The molecule has 4 rings (SSSR count). The van der Waals surface area contributed by atoms with Crippen molar-refractivity contribution in [1.82, 2.24) is 5.32 Å². The molecule has 0 radical (unpaired) electrons. The largest absolute Gasteiger partial charge is 0.466 e. The first kappa shape index (κ1) is 22.6. The van der Waals surface area contributed by atoms with Gasteiger partial charge in [-0.25, -0.2) is 0 Å². The van der Waals surface area contributed by atoms with Crippen LogP contribution < -0.4 is 5.32 Å². The van der Waals surface area contributed by atoms with Crippen molar-refractivity contribution < 1.29 is 33.2 Å². The Morgan fingerprint density at radius 2 is 1.65 bits per heavy atom. The number of esters is 1. The van der Waals surface area contributed by atoms with Crippen LogP contribution in [0.3, 0.4) is 0 Å². The number of benzene rings is 1. The summed E-state index contributed by atoms with van der Waals surface area (Å²) in [6.07, 6.45) is -2.16. The van der Waals surface area contributed by atoms with Crippen molar-refractivity contribution in [1.29, 1.82) is 0 Å². The number of carbonyl (C=O) groups excluding carboxylic acids is 1. The summed E-state index contributed by atoms with van der Waals surface area (Å²) in [6, 6.07) is 9.64. The molecule has 0 unspecified atom stereocenters. The standard InChI is InChI=1S/C23H33NO7/c1-6-26-16(25)12-15(24-13-14-10-8-7-9-11-14)17-18-19(29-22(2,3)28-18)20-21(27-17)31-23(4,5)30-20/h7-11,15,17-21,24H,6,12-13H2,1-5H3/t15-,17-,18+,19+,20-,21-/m1/s1. The highest BCUT2D eigenvalue weighted by Gasteiger charge is 2.61. The Hall–Kier alpha value is -1.55. The molecule has 6 atom stereocenters. The van der Waals surface area contributed by atoms with E-state index >= 15 is 0 Å². The molecule has 8 nitrogen and oxygen atoms in total. The zero-order valence-electron chi connectivity index (χ0n) is 18.8. The molecule has 0 amide bonds. The highest BCUT2D eigenvalue weighted by atomic mass is 16.9. The van der Waals surface area contributed by atoms with Crippen molar-refractivity contribution in [3.05, 3.63) is 35.9 Å². The molecule has 0 saturated carbocycles. The van der Waals surface area contributed by atoms with Gasteiger partial charge < -0.3 is 33.7 Å². The van der Waals surface area contributed by atoms with Gasteiger partial charge in [0.1, 0.15) is 24.4 Å². The molecule has 172 valence electrons. The van der Waals surface area contributed by atoms with E-state index < -0.39 is 36.2 Å². The molecule has 0 aliphatic carbocycles. The smallest absolute Gasteiger partial charge is 0.307 e. The number of carbonyl (C=O) groups is 1. The molecular weight excluding hydrogens is 402 g/mol. The van der Waals surface area contributed by atoms with E-state index in [0.717, 1.165) is 5.56 Å². The van der Waals surface area contributed by atoms with Crippen molar-refractivity contribution in [3.8, 4) is 0 Å². The second-order valence-corrected chi connectivity index (χ2v) is 9.12. The molecule has 8 heteroatoms. The normalized spacial score (nSPS) is 34.0. The third kappa shape index (κ3) is 5.10. The zero-order chi connectivity index (χ0) is 22.2. The zero-order valence-corrected chi connectivity index (χ0v) is 18.8. The van der Waals surface area contributed by atoms with Crippen LogP contribution in [0.2, 0.25) is 0 Å². The average molecular weight is 436 g/mol. The van der Waals surface area contributed by atoms with Crippen molar-refractivity contribution in [3.63, 3.8) is 0 Å². The molecular formula is C23H33NO7. The van der Waals surface area contributed by atoms with E-state index in [2.05, 4.69) is 5.32 Å². The summed E-state index contributed by atoms with van der Waals surface area (Å²) in [7, 11) is 0. The van der Waals surface area contributed by atoms with Crippen molar-refractivity contribution in [2.75, 3.05) is 6.61 Å². The van der Waals surface area contributed by atoms with E-state index in [0.29, 0.717) is 13.2 Å². The summed E-state index contributed by atoms with van der Waals surface area (Å²) in [4.78, 5) is 12.4. The predicted octanol–water partition coefficient (Wildman–Crippen LogP) is 2.49. The lowest BCUT2D eigenvalue weighted by molar-refractivity contribution is -0.240. The Labute approximate surface area is 183 Å². The molecule has 3 fully saturated rings. The summed E-state index contributed by atoms with van der Waals surface area (Å²) in [6.45, 7) is 10.1. The Morgan fingerprint density at radius 1 is 1.00 bits per heavy atom. The molecule has 1 aromatic rings. The van der Waals surface area contributed by atoms with Gasteiger partial charge >= 0.3 is 5.97 Å². The lowest BCUT2D eigenvalue weighted by Crippen LogP contribution is -2.61. The van der Waals surface area contributed by atoms with E-state index in [1.807, 2.05) is 58.0 Å². The maximum absolute atomic E-state index is 12.4. The van der Waals surface area contributed by atoms with Gasteiger partial charge in [0.05, 0.1) is 13.0 Å².